The van der Waals surface area contributed by atoms with Gasteiger partial charge in [0.2, 0.25) is 17.7 Å². The monoisotopic (exact) mass is 804 g/mol. The van der Waals surface area contributed by atoms with Gasteiger partial charge in [0.25, 0.3) is 0 Å². The summed E-state index contributed by atoms with van der Waals surface area (Å²) in [7, 11) is 0. The maximum absolute atomic E-state index is 12.5. The maximum Gasteiger partial charge on any atom is 0.331 e. The molecular weight excluding hydrogens is 769 g/mol. The summed E-state index contributed by atoms with van der Waals surface area (Å²) < 4.78 is 18.5. The fourth-order valence-electron chi connectivity index (χ4n) is 8.22. The number of amides is 3. The Bertz CT molecular complexity index is 2500. The van der Waals surface area contributed by atoms with Crippen LogP contribution in [0.2, 0.25) is 0 Å². The van der Waals surface area contributed by atoms with Crippen molar-refractivity contribution in [1.82, 2.24) is 45.5 Å². The van der Waals surface area contributed by atoms with Crippen LogP contribution >= 0.6 is 0 Å². The van der Waals surface area contributed by atoms with Crippen LogP contribution in [0.15, 0.2) is 72.8 Å². The molecule has 0 bridgehead atoms. The van der Waals surface area contributed by atoms with Crippen molar-refractivity contribution in [3.8, 4) is 35.3 Å². The van der Waals surface area contributed by atoms with Gasteiger partial charge in [0, 0.05) is 70.8 Å². The van der Waals surface area contributed by atoms with Crippen LogP contribution in [-0.2, 0) is 14.4 Å². The molecule has 18 heteroatoms. The number of fused-ring (bicyclic) bond motifs is 3. The third kappa shape index (κ3) is 6.82. The highest BCUT2D eigenvalue weighted by atomic mass is 16.5. The molecule has 0 radical (unpaired) electrons. The van der Waals surface area contributed by atoms with Gasteiger partial charge in [0.15, 0.2) is 17.5 Å². The molecule has 60 heavy (non-hydrogen) atoms. The van der Waals surface area contributed by atoms with E-state index in [0.717, 1.165) is 50.5 Å². The fourth-order valence-corrected chi connectivity index (χ4v) is 8.22. The molecule has 0 fully saturated rings. The number of hydrogen-bond acceptors (Lipinski definition) is 12. The minimum atomic E-state index is -0.182. The molecule has 3 amide bonds. The van der Waals surface area contributed by atoms with Crippen molar-refractivity contribution in [1.29, 1.82) is 0 Å². The lowest BCUT2D eigenvalue weighted by Gasteiger charge is -2.23. The smallest absolute Gasteiger partial charge is 0.331 e. The van der Waals surface area contributed by atoms with Gasteiger partial charge in [-0.1, -0.05) is 36.4 Å². The summed E-state index contributed by atoms with van der Waals surface area (Å²) in [6.07, 6.45) is 0.846. The van der Waals surface area contributed by atoms with Crippen LogP contribution in [-0.4, -0.2) is 63.3 Å². The van der Waals surface area contributed by atoms with Gasteiger partial charge in [-0.05, 0) is 73.9 Å². The highest BCUT2D eigenvalue weighted by Gasteiger charge is 2.33. The van der Waals surface area contributed by atoms with Gasteiger partial charge in [-0.15, -0.1) is 15.0 Å². The fraction of sp³-hybridized carbons (Fsp3) is 0.214. The molecule has 3 aliphatic rings. The minimum Gasteiger partial charge on any atom is -0.424 e. The number of ether oxygens (including phenoxy) is 3. The van der Waals surface area contributed by atoms with Crippen molar-refractivity contribution in [2.75, 3.05) is 16.0 Å². The minimum absolute atomic E-state index is 0.0895. The number of benzene rings is 3. The topological polar surface area (TPSA) is 240 Å². The Balaban J connectivity index is 0.923. The third-order valence-electron chi connectivity index (χ3n) is 11.0. The average Bonchev–Trinajstić information content (AvgIpc) is 3.93. The van der Waals surface area contributed by atoms with E-state index in [1.807, 2.05) is 57.2 Å². The molecule has 3 aromatic carbocycles. The number of H-pyrrole nitrogens is 3. The van der Waals surface area contributed by atoms with Crippen LogP contribution in [0.3, 0.4) is 0 Å². The standard InChI is InChI=1S/C42H36N12O6/c1-19-34-28(16-31(55)43-37(34)52-49-19)22-4-10-25(11-5-22)58-40-46-41(59-26-12-6-23(7-13-26)29-17-32(56)44-38-35(29)20(2)50-53-38)48-42(47-40)60-27-14-8-24(9-15-27)30-18-33(57)45-39-36(30)21(3)51-54-39/h4-15,28-30H,16-18H2,1-3H3,(H2,43,49,52,55)(H2,44,50,53,56)(H2,45,51,54,57). The van der Waals surface area contributed by atoms with E-state index < -0.39 is 0 Å². The highest BCUT2D eigenvalue weighted by Crippen LogP contribution is 2.41. The number of aryl methyl sites for hydroxylation is 3. The van der Waals surface area contributed by atoms with E-state index in [4.69, 9.17) is 14.2 Å². The second-order valence-corrected chi connectivity index (χ2v) is 14.9. The molecule has 6 N–H and O–H groups in total. The van der Waals surface area contributed by atoms with Gasteiger partial charge in [0.1, 0.15) is 17.2 Å². The van der Waals surface area contributed by atoms with Gasteiger partial charge in [-0.3, -0.25) is 29.7 Å². The molecule has 10 rings (SSSR count). The number of rotatable bonds is 9. The van der Waals surface area contributed by atoms with E-state index in [-0.39, 0.29) is 72.8 Å². The first kappa shape index (κ1) is 36.5. The van der Waals surface area contributed by atoms with E-state index in [2.05, 4.69) is 61.5 Å². The maximum atomic E-state index is 12.5. The van der Waals surface area contributed by atoms with Gasteiger partial charge in [-0.25, -0.2) is 0 Å². The van der Waals surface area contributed by atoms with Crippen molar-refractivity contribution < 1.29 is 28.6 Å². The molecule has 7 aromatic rings. The summed E-state index contributed by atoms with van der Waals surface area (Å²) in [5.41, 5.74) is 8.24. The van der Waals surface area contributed by atoms with Gasteiger partial charge >= 0.3 is 18.0 Å². The Morgan fingerprint density at radius 3 is 0.967 bits per heavy atom. The van der Waals surface area contributed by atoms with E-state index in [1.165, 1.54) is 0 Å². The van der Waals surface area contributed by atoms with Crippen molar-refractivity contribution in [3.63, 3.8) is 0 Å². The first-order valence-electron chi connectivity index (χ1n) is 19.3. The van der Waals surface area contributed by atoms with Gasteiger partial charge in [-0.2, -0.15) is 15.3 Å². The normalized spacial score (nSPS) is 18.1. The van der Waals surface area contributed by atoms with Crippen LogP contribution < -0.4 is 30.2 Å². The van der Waals surface area contributed by atoms with Crippen LogP contribution in [0.25, 0.3) is 0 Å². The van der Waals surface area contributed by atoms with Crippen LogP contribution in [0.4, 0.5) is 17.5 Å². The number of nitrogens with zero attached hydrogens (tertiary/aromatic N) is 6. The summed E-state index contributed by atoms with van der Waals surface area (Å²) in [4.78, 5) is 50.8. The van der Waals surface area contributed by atoms with Crippen molar-refractivity contribution in [3.05, 3.63) is 123 Å². The molecule has 0 saturated heterocycles. The number of carbonyl (C=O) groups is 3. The lowest BCUT2D eigenvalue weighted by molar-refractivity contribution is -0.117. The molecule has 3 aliphatic heterocycles. The molecule has 0 aliphatic carbocycles. The Labute approximate surface area is 340 Å². The molecule has 7 heterocycles. The van der Waals surface area contributed by atoms with E-state index >= 15 is 0 Å². The number of carbonyl (C=O) groups excluding carboxylic acids is 3. The summed E-state index contributed by atoms with van der Waals surface area (Å²) >= 11 is 0. The lowest BCUT2D eigenvalue weighted by atomic mass is 9.86. The zero-order valence-corrected chi connectivity index (χ0v) is 32.4. The molecule has 0 saturated carbocycles. The Hall–Kier alpha value is -7.89. The molecule has 18 nitrogen and oxygen atoms in total. The van der Waals surface area contributed by atoms with Crippen molar-refractivity contribution in [2.24, 2.45) is 0 Å². The highest BCUT2D eigenvalue weighted by molar-refractivity contribution is 5.95. The number of aromatic nitrogens is 9. The SMILES string of the molecule is Cc1[nH]nc2c1C(c1ccc(Oc3nc(Oc4ccc(C5CC(=O)Nc6n[nH]c(C)c65)cc4)nc(Oc4ccc(C5CC(=O)Nc6n[nH]c(C)c65)cc4)n3)cc1)CC(=O)N2. The summed E-state index contributed by atoms with van der Waals surface area (Å²) in [6, 6.07) is 21.7. The van der Waals surface area contributed by atoms with Crippen molar-refractivity contribution >= 4 is 35.2 Å². The Morgan fingerprint density at radius 1 is 0.433 bits per heavy atom. The van der Waals surface area contributed by atoms with Crippen molar-refractivity contribution in [2.45, 2.75) is 57.8 Å². The molecule has 3 atom stereocenters. The van der Waals surface area contributed by atoms with E-state index in [0.29, 0.717) is 34.7 Å². The first-order valence-corrected chi connectivity index (χ1v) is 19.3. The number of nitrogens with one attached hydrogen (secondary N) is 6. The number of hydrogen-bond donors (Lipinski definition) is 6. The van der Waals surface area contributed by atoms with Gasteiger partial charge in [0.05, 0.1) is 0 Å². The Morgan fingerprint density at radius 2 is 0.700 bits per heavy atom. The largest absolute Gasteiger partial charge is 0.424 e. The quantitative estimate of drug-likeness (QED) is 0.0887. The Kier molecular flexibility index (Phi) is 8.80. The van der Waals surface area contributed by atoms with Crippen LogP contribution in [0, 0.1) is 20.8 Å². The number of anilines is 3. The van der Waals surface area contributed by atoms with E-state index in [1.54, 1.807) is 36.4 Å². The van der Waals surface area contributed by atoms with Crippen LogP contribution in [0.5, 0.6) is 35.3 Å². The molecule has 3 unspecified atom stereocenters. The predicted octanol–water partition coefficient (Wildman–Crippen LogP) is 6.77. The van der Waals surface area contributed by atoms with E-state index in [9.17, 15) is 14.4 Å². The summed E-state index contributed by atoms with van der Waals surface area (Å²) in [5.74, 6) is 2.02. The lowest BCUT2D eigenvalue weighted by Crippen LogP contribution is -2.23. The third-order valence-corrected chi connectivity index (χ3v) is 11.0. The number of aromatic amines is 3. The second-order valence-electron chi connectivity index (χ2n) is 14.9. The molecule has 4 aromatic heterocycles. The summed E-state index contributed by atoms with van der Waals surface area (Å²) in [6.45, 7) is 5.78. The predicted molar refractivity (Wildman–Crippen MR) is 215 cm³/mol. The first-order chi connectivity index (χ1) is 29.1. The zero-order valence-electron chi connectivity index (χ0n) is 32.4. The van der Waals surface area contributed by atoms with Crippen LogP contribution in [0.1, 0.15) is 87.5 Å². The van der Waals surface area contributed by atoms with Gasteiger partial charge < -0.3 is 30.2 Å². The summed E-state index contributed by atoms with van der Waals surface area (Å²) in [5, 5.41) is 30.1. The zero-order chi connectivity index (χ0) is 41.1. The second kappa shape index (κ2) is 14.5. The molecular formula is C42H36N12O6. The molecule has 300 valence electrons. The molecule has 0 spiro atoms. The average molecular weight is 805 g/mol.